The molecular weight excluding hydrogens is 285 g/mol. The molecule has 0 aromatic heterocycles. The first kappa shape index (κ1) is 14.4. The third-order valence-electron chi connectivity index (χ3n) is 3.61. The Labute approximate surface area is 122 Å². The van der Waals surface area contributed by atoms with Crippen LogP contribution in [0.5, 0.6) is 0 Å². The minimum Gasteiger partial charge on any atom is -0.274 e. The van der Waals surface area contributed by atoms with E-state index in [1.54, 1.807) is 18.2 Å². The molecular formula is C14H15Cl2NO2. The van der Waals surface area contributed by atoms with Crippen LogP contribution in [-0.4, -0.2) is 11.8 Å². The smallest absolute Gasteiger partial charge is 0.234 e. The van der Waals surface area contributed by atoms with Crippen molar-refractivity contribution in [2.45, 2.75) is 33.1 Å². The van der Waals surface area contributed by atoms with E-state index in [4.69, 9.17) is 23.2 Å². The number of anilines is 1. The molecule has 1 aromatic carbocycles. The maximum absolute atomic E-state index is 12.2. The number of hydrogen-bond donors (Lipinski definition) is 0. The predicted octanol–water partition coefficient (Wildman–Crippen LogP) is 4.06. The van der Waals surface area contributed by atoms with E-state index in [0.717, 1.165) is 6.42 Å². The van der Waals surface area contributed by atoms with E-state index in [1.165, 1.54) is 4.90 Å². The summed E-state index contributed by atoms with van der Waals surface area (Å²) in [7, 11) is 0. The van der Waals surface area contributed by atoms with Gasteiger partial charge < -0.3 is 0 Å². The fraction of sp³-hybridized carbons (Fsp3) is 0.429. The molecule has 0 atom stereocenters. The molecule has 2 rings (SSSR count). The van der Waals surface area contributed by atoms with E-state index in [1.807, 2.05) is 13.8 Å². The van der Waals surface area contributed by atoms with Crippen molar-refractivity contribution in [1.29, 1.82) is 0 Å². The monoisotopic (exact) mass is 299 g/mol. The number of carbonyl (C=O) groups is 2. The number of rotatable bonds is 2. The van der Waals surface area contributed by atoms with Gasteiger partial charge in [0.15, 0.2) is 0 Å². The summed E-state index contributed by atoms with van der Waals surface area (Å²) in [5.74, 6) is -0.391. The molecule has 0 aliphatic carbocycles. The second-order valence-electron chi connectivity index (χ2n) is 5.27. The van der Waals surface area contributed by atoms with Crippen molar-refractivity contribution >= 4 is 40.7 Å². The summed E-state index contributed by atoms with van der Waals surface area (Å²) >= 11 is 11.8. The van der Waals surface area contributed by atoms with Crippen LogP contribution < -0.4 is 4.90 Å². The molecule has 3 nitrogen and oxygen atoms in total. The second kappa shape index (κ2) is 5.14. The molecule has 0 saturated carbocycles. The lowest BCUT2D eigenvalue weighted by atomic mass is 9.77. The van der Waals surface area contributed by atoms with Gasteiger partial charge in [0.2, 0.25) is 11.8 Å². The van der Waals surface area contributed by atoms with Crippen molar-refractivity contribution in [3.8, 4) is 0 Å². The molecule has 1 aliphatic rings. The van der Waals surface area contributed by atoms with Gasteiger partial charge in [-0.15, -0.1) is 0 Å². The number of benzene rings is 1. The van der Waals surface area contributed by atoms with Crippen LogP contribution >= 0.6 is 23.2 Å². The van der Waals surface area contributed by atoms with Crippen molar-refractivity contribution in [2.75, 3.05) is 4.90 Å². The fourth-order valence-electron chi connectivity index (χ4n) is 2.30. The Morgan fingerprint density at radius 3 is 2.00 bits per heavy atom. The molecule has 19 heavy (non-hydrogen) atoms. The minimum absolute atomic E-state index is 0.195. The highest BCUT2D eigenvalue weighted by Crippen LogP contribution is 2.38. The van der Waals surface area contributed by atoms with Crippen molar-refractivity contribution in [2.24, 2.45) is 5.41 Å². The lowest BCUT2D eigenvalue weighted by molar-refractivity contribution is -0.133. The molecule has 1 heterocycles. The van der Waals surface area contributed by atoms with E-state index in [-0.39, 0.29) is 17.2 Å². The lowest BCUT2D eigenvalue weighted by Gasteiger charge is -2.36. The van der Waals surface area contributed by atoms with Crippen LogP contribution in [0.1, 0.15) is 33.1 Å². The zero-order valence-corrected chi connectivity index (χ0v) is 12.4. The van der Waals surface area contributed by atoms with Gasteiger partial charge >= 0.3 is 0 Å². The quantitative estimate of drug-likeness (QED) is 0.772. The Morgan fingerprint density at radius 1 is 1.11 bits per heavy atom. The van der Waals surface area contributed by atoms with Gasteiger partial charge in [0.05, 0.1) is 5.69 Å². The summed E-state index contributed by atoms with van der Waals surface area (Å²) < 4.78 is 0. The number of piperidine rings is 1. The van der Waals surface area contributed by atoms with Crippen LogP contribution in [0.4, 0.5) is 5.69 Å². The van der Waals surface area contributed by atoms with Gasteiger partial charge in [0.1, 0.15) is 0 Å². The third-order valence-corrected chi connectivity index (χ3v) is 4.05. The van der Waals surface area contributed by atoms with E-state index in [9.17, 15) is 9.59 Å². The number of amides is 2. The van der Waals surface area contributed by atoms with Crippen LogP contribution in [-0.2, 0) is 9.59 Å². The molecule has 0 unspecified atom stereocenters. The molecule has 2 amide bonds. The standard InChI is InChI=1S/C14H15Cl2NO2/c1-3-14(2)7-12(18)17(13(19)8-14)11-5-9(15)4-10(16)6-11/h4-6H,3,7-8H2,1-2H3. The zero-order chi connectivity index (χ0) is 14.2. The van der Waals surface area contributed by atoms with E-state index < -0.39 is 0 Å². The van der Waals surface area contributed by atoms with Gasteiger partial charge in [0.25, 0.3) is 0 Å². The van der Waals surface area contributed by atoms with Crippen LogP contribution in [0.3, 0.4) is 0 Å². The van der Waals surface area contributed by atoms with Crippen molar-refractivity contribution < 1.29 is 9.59 Å². The fourth-order valence-corrected chi connectivity index (χ4v) is 2.81. The second-order valence-corrected chi connectivity index (χ2v) is 6.14. The summed E-state index contributed by atoms with van der Waals surface area (Å²) in [5.41, 5.74) is 0.207. The van der Waals surface area contributed by atoms with Crippen LogP contribution in [0, 0.1) is 5.41 Å². The highest BCUT2D eigenvalue weighted by atomic mass is 35.5. The van der Waals surface area contributed by atoms with E-state index in [2.05, 4.69) is 0 Å². The zero-order valence-electron chi connectivity index (χ0n) is 10.9. The van der Waals surface area contributed by atoms with Crippen molar-refractivity contribution in [3.05, 3.63) is 28.2 Å². The molecule has 1 aliphatic heterocycles. The van der Waals surface area contributed by atoms with Crippen molar-refractivity contribution in [1.82, 2.24) is 0 Å². The molecule has 1 fully saturated rings. The first-order chi connectivity index (χ1) is 8.84. The van der Waals surface area contributed by atoms with Crippen LogP contribution in [0.2, 0.25) is 10.0 Å². The summed E-state index contributed by atoms with van der Waals surface area (Å²) in [4.78, 5) is 25.6. The molecule has 0 radical (unpaired) electrons. The maximum atomic E-state index is 12.2. The number of imide groups is 1. The average Bonchev–Trinajstić information content (AvgIpc) is 2.26. The lowest BCUT2D eigenvalue weighted by Crippen LogP contribution is -2.47. The SMILES string of the molecule is CCC1(C)CC(=O)N(c2cc(Cl)cc(Cl)c2)C(=O)C1. The Hall–Kier alpha value is -1.06. The average molecular weight is 300 g/mol. The summed E-state index contributed by atoms with van der Waals surface area (Å²) in [6.07, 6.45) is 1.52. The molecule has 102 valence electrons. The summed E-state index contributed by atoms with van der Waals surface area (Å²) in [6.45, 7) is 3.96. The van der Waals surface area contributed by atoms with Crippen molar-refractivity contribution in [3.63, 3.8) is 0 Å². The molecule has 1 saturated heterocycles. The van der Waals surface area contributed by atoms with Gasteiger partial charge in [-0.3, -0.25) is 14.5 Å². The van der Waals surface area contributed by atoms with Gasteiger partial charge in [0, 0.05) is 22.9 Å². The van der Waals surface area contributed by atoms with Gasteiger partial charge in [-0.2, -0.15) is 0 Å². The Bertz CT molecular complexity index is 504. The maximum Gasteiger partial charge on any atom is 0.234 e. The summed E-state index contributed by atoms with van der Waals surface area (Å²) in [5, 5.41) is 0.818. The summed E-state index contributed by atoms with van der Waals surface area (Å²) in [6, 6.07) is 4.73. The van der Waals surface area contributed by atoms with E-state index >= 15 is 0 Å². The van der Waals surface area contributed by atoms with Gasteiger partial charge in [-0.1, -0.05) is 37.0 Å². The van der Waals surface area contributed by atoms with Gasteiger partial charge in [-0.05, 0) is 30.0 Å². The predicted molar refractivity (Wildman–Crippen MR) is 76.6 cm³/mol. The van der Waals surface area contributed by atoms with Gasteiger partial charge in [-0.25, -0.2) is 0 Å². The Balaban J connectivity index is 2.36. The van der Waals surface area contributed by atoms with Crippen LogP contribution in [0.15, 0.2) is 18.2 Å². The topological polar surface area (TPSA) is 37.4 Å². The first-order valence-electron chi connectivity index (χ1n) is 6.16. The Kier molecular flexibility index (Phi) is 3.88. The highest BCUT2D eigenvalue weighted by Gasteiger charge is 2.40. The third kappa shape index (κ3) is 2.93. The highest BCUT2D eigenvalue weighted by molar-refractivity contribution is 6.35. The number of halogens is 2. The molecule has 0 spiro atoms. The molecule has 1 aromatic rings. The Morgan fingerprint density at radius 2 is 1.58 bits per heavy atom. The number of hydrogen-bond acceptors (Lipinski definition) is 2. The molecule has 0 N–H and O–H groups in total. The van der Waals surface area contributed by atoms with Crippen LogP contribution in [0.25, 0.3) is 0 Å². The first-order valence-corrected chi connectivity index (χ1v) is 6.92. The molecule has 0 bridgehead atoms. The largest absolute Gasteiger partial charge is 0.274 e. The normalized spacial score (nSPS) is 18.8. The number of carbonyl (C=O) groups excluding carboxylic acids is 2. The van der Waals surface area contributed by atoms with E-state index in [0.29, 0.717) is 28.6 Å². The minimum atomic E-state index is -0.243. The number of nitrogens with zero attached hydrogens (tertiary/aromatic N) is 1. The molecule has 5 heteroatoms.